The average molecular weight is 279 g/mol. The monoisotopic (exact) mass is 279 g/mol. The van der Waals surface area contributed by atoms with E-state index in [0.717, 1.165) is 22.9 Å². The minimum absolute atomic E-state index is 0.335. The largest absolute Gasteiger partial charge is 0.477 e. The van der Waals surface area contributed by atoms with Crippen molar-refractivity contribution in [1.82, 2.24) is 4.57 Å². The highest BCUT2D eigenvalue weighted by Crippen LogP contribution is 2.23. The number of aromatic carboxylic acids is 1. The summed E-state index contributed by atoms with van der Waals surface area (Å²) in [5, 5.41) is 10.4. The van der Waals surface area contributed by atoms with E-state index in [9.17, 15) is 9.90 Å². The van der Waals surface area contributed by atoms with Crippen molar-refractivity contribution in [2.24, 2.45) is 0 Å². The maximum Gasteiger partial charge on any atom is 0.352 e. The molecule has 106 valence electrons. The molecule has 1 aromatic heterocycles. The second-order valence-corrected chi connectivity index (χ2v) is 5.15. The number of benzene rings is 2. The summed E-state index contributed by atoms with van der Waals surface area (Å²) in [7, 11) is 0. The lowest BCUT2D eigenvalue weighted by molar-refractivity contribution is 0.0686. The highest BCUT2D eigenvalue weighted by Gasteiger charge is 2.15. The van der Waals surface area contributed by atoms with Gasteiger partial charge in [0.25, 0.3) is 0 Å². The zero-order valence-electron chi connectivity index (χ0n) is 11.9. The molecule has 0 saturated carbocycles. The van der Waals surface area contributed by atoms with Gasteiger partial charge in [-0.25, -0.2) is 4.79 Å². The summed E-state index contributed by atoms with van der Waals surface area (Å²) in [4.78, 5) is 11.5. The third-order valence-corrected chi connectivity index (χ3v) is 3.78. The van der Waals surface area contributed by atoms with Gasteiger partial charge in [-0.05, 0) is 35.7 Å². The fourth-order valence-electron chi connectivity index (χ4n) is 2.65. The molecule has 0 aliphatic rings. The Morgan fingerprint density at radius 3 is 2.48 bits per heavy atom. The number of hydrogen-bond acceptors (Lipinski definition) is 1. The molecule has 0 aliphatic carbocycles. The smallest absolute Gasteiger partial charge is 0.352 e. The number of rotatable bonds is 4. The molecule has 21 heavy (non-hydrogen) atoms. The van der Waals surface area contributed by atoms with Crippen LogP contribution in [0, 0.1) is 0 Å². The molecule has 3 rings (SSSR count). The first-order valence-corrected chi connectivity index (χ1v) is 7.08. The van der Waals surface area contributed by atoms with Crippen molar-refractivity contribution in [2.75, 3.05) is 0 Å². The van der Waals surface area contributed by atoms with Gasteiger partial charge in [0.15, 0.2) is 0 Å². The minimum atomic E-state index is -0.889. The number of aromatic nitrogens is 1. The molecule has 2 aromatic carbocycles. The number of hydrogen-bond donors (Lipinski definition) is 1. The third-order valence-electron chi connectivity index (χ3n) is 3.78. The van der Waals surface area contributed by atoms with Crippen molar-refractivity contribution in [3.63, 3.8) is 0 Å². The predicted octanol–water partition coefficient (Wildman–Crippen LogP) is 3.95. The van der Waals surface area contributed by atoms with Crippen molar-refractivity contribution < 1.29 is 9.90 Å². The lowest BCUT2D eigenvalue weighted by atomic mass is 10.1. The van der Waals surface area contributed by atoms with Crippen molar-refractivity contribution in [1.29, 1.82) is 0 Å². The Morgan fingerprint density at radius 1 is 1.05 bits per heavy atom. The van der Waals surface area contributed by atoms with E-state index in [4.69, 9.17) is 0 Å². The lowest BCUT2D eigenvalue weighted by Crippen LogP contribution is -2.09. The van der Waals surface area contributed by atoms with Crippen molar-refractivity contribution in [3.05, 3.63) is 71.4 Å². The lowest BCUT2D eigenvalue weighted by Gasteiger charge is -2.09. The van der Waals surface area contributed by atoms with Gasteiger partial charge in [0.1, 0.15) is 5.69 Å². The normalized spacial score (nSPS) is 10.9. The third kappa shape index (κ3) is 2.55. The van der Waals surface area contributed by atoms with Crippen LogP contribution in [-0.4, -0.2) is 15.6 Å². The summed E-state index contributed by atoms with van der Waals surface area (Å²) < 4.78 is 1.87. The molecule has 0 saturated heterocycles. The molecular formula is C18H17NO2. The molecule has 0 aliphatic heterocycles. The van der Waals surface area contributed by atoms with Crippen LogP contribution in [0.2, 0.25) is 0 Å². The van der Waals surface area contributed by atoms with E-state index in [0.29, 0.717) is 12.2 Å². The summed E-state index contributed by atoms with van der Waals surface area (Å²) >= 11 is 0. The zero-order chi connectivity index (χ0) is 14.8. The van der Waals surface area contributed by atoms with Crippen molar-refractivity contribution in [3.8, 4) is 0 Å². The van der Waals surface area contributed by atoms with Crippen LogP contribution in [0.4, 0.5) is 0 Å². The van der Waals surface area contributed by atoms with Gasteiger partial charge in [0, 0.05) is 17.4 Å². The van der Waals surface area contributed by atoms with Gasteiger partial charge in [-0.3, -0.25) is 0 Å². The SMILES string of the molecule is CCc1ccc2c(c1)cc(C(=O)O)n2Cc1ccccc1. The van der Waals surface area contributed by atoms with Crippen LogP contribution in [0.1, 0.15) is 28.5 Å². The number of fused-ring (bicyclic) bond motifs is 1. The average Bonchev–Trinajstić information content (AvgIpc) is 2.86. The Bertz CT molecular complexity index is 788. The van der Waals surface area contributed by atoms with E-state index in [1.54, 1.807) is 6.07 Å². The second-order valence-electron chi connectivity index (χ2n) is 5.15. The first kappa shape index (κ1) is 13.4. The van der Waals surface area contributed by atoms with E-state index in [2.05, 4.69) is 19.1 Å². The van der Waals surface area contributed by atoms with E-state index in [1.807, 2.05) is 41.0 Å². The molecule has 0 atom stereocenters. The van der Waals surface area contributed by atoms with E-state index in [1.165, 1.54) is 5.56 Å². The summed E-state index contributed by atoms with van der Waals surface area (Å²) in [6.45, 7) is 2.66. The van der Waals surface area contributed by atoms with Crippen LogP contribution in [0.3, 0.4) is 0 Å². The quantitative estimate of drug-likeness (QED) is 0.785. The Labute approximate surface area is 123 Å². The highest BCUT2D eigenvalue weighted by atomic mass is 16.4. The van der Waals surface area contributed by atoms with Crippen molar-refractivity contribution >= 4 is 16.9 Å². The van der Waals surface area contributed by atoms with Gasteiger partial charge in [-0.2, -0.15) is 0 Å². The topological polar surface area (TPSA) is 42.2 Å². The van der Waals surface area contributed by atoms with E-state index < -0.39 is 5.97 Å². The first-order valence-electron chi connectivity index (χ1n) is 7.08. The van der Waals surface area contributed by atoms with Crippen LogP contribution in [0.15, 0.2) is 54.6 Å². The molecule has 0 unspecified atom stereocenters. The molecule has 0 amide bonds. The Kier molecular flexibility index (Phi) is 3.48. The fourth-order valence-corrected chi connectivity index (χ4v) is 2.65. The highest BCUT2D eigenvalue weighted by molar-refractivity contribution is 5.95. The molecule has 3 aromatic rings. The summed E-state index contributed by atoms with van der Waals surface area (Å²) in [6, 6.07) is 17.8. The van der Waals surface area contributed by atoms with Crippen LogP contribution < -0.4 is 0 Å². The summed E-state index contributed by atoms with van der Waals surface area (Å²) in [5.41, 5.74) is 3.61. The van der Waals surface area contributed by atoms with Gasteiger partial charge >= 0.3 is 5.97 Å². The van der Waals surface area contributed by atoms with E-state index in [-0.39, 0.29) is 0 Å². The molecule has 0 fully saturated rings. The maximum absolute atomic E-state index is 11.5. The van der Waals surface area contributed by atoms with Gasteiger partial charge < -0.3 is 9.67 Å². The van der Waals surface area contributed by atoms with E-state index >= 15 is 0 Å². The number of aryl methyl sites for hydroxylation is 1. The second kappa shape index (κ2) is 5.44. The first-order chi connectivity index (χ1) is 10.2. The minimum Gasteiger partial charge on any atom is -0.477 e. The maximum atomic E-state index is 11.5. The van der Waals surface area contributed by atoms with Gasteiger partial charge in [0.05, 0.1) is 0 Å². The summed E-state index contributed by atoms with van der Waals surface area (Å²) in [6.07, 6.45) is 0.947. The molecule has 1 heterocycles. The van der Waals surface area contributed by atoms with Crippen molar-refractivity contribution in [2.45, 2.75) is 19.9 Å². The molecule has 1 N–H and O–H groups in total. The molecule has 3 heteroatoms. The molecular weight excluding hydrogens is 262 g/mol. The van der Waals surface area contributed by atoms with Crippen LogP contribution >= 0.6 is 0 Å². The zero-order valence-corrected chi connectivity index (χ0v) is 11.9. The molecule has 3 nitrogen and oxygen atoms in total. The molecule has 0 spiro atoms. The van der Waals surface area contributed by atoms with Gasteiger partial charge in [-0.15, -0.1) is 0 Å². The molecule has 0 bridgehead atoms. The number of carbonyl (C=O) groups is 1. The fraction of sp³-hybridized carbons (Fsp3) is 0.167. The van der Waals surface area contributed by atoms with Crippen LogP contribution in [0.25, 0.3) is 10.9 Å². The number of nitrogens with zero attached hydrogens (tertiary/aromatic N) is 1. The van der Waals surface area contributed by atoms with Gasteiger partial charge in [0.2, 0.25) is 0 Å². The number of carboxylic acids is 1. The molecule has 0 radical (unpaired) electrons. The Hall–Kier alpha value is -2.55. The van der Waals surface area contributed by atoms with Crippen LogP contribution in [-0.2, 0) is 13.0 Å². The Morgan fingerprint density at radius 2 is 1.81 bits per heavy atom. The van der Waals surface area contributed by atoms with Gasteiger partial charge in [-0.1, -0.05) is 43.3 Å². The number of carboxylic acid groups (broad SMARTS) is 1. The Balaban J connectivity index is 2.14. The summed E-state index contributed by atoms with van der Waals surface area (Å²) in [5.74, 6) is -0.889. The van der Waals surface area contributed by atoms with Crippen LogP contribution in [0.5, 0.6) is 0 Å². The predicted molar refractivity (Wildman–Crippen MR) is 83.8 cm³/mol. The standard InChI is InChI=1S/C18H17NO2/c1-2-13-8-9-16-15(10-13)11-17(18(20)21)19(16)12-14-6-4-3-5-7-14/h3-11H,2,12H2,1H3,(H,20,21).